The standard InChI is InChI=1S/C10H18O/c1-5-8(2)6-9(3)7-10(4)11/h7-8H,5-6H2,1-4H3. The first-order chi connectivity index (χ1) is 5.06. The van der Waals surface area contributed by atoms with Gasteiger partial charge in [-0.1, -0.05) is 25.8 Å². The second kappa shape index (κ2) is 5.11. The van der Waals surface area contributed by atoms with E-state index in [2.05, 4.69) is 13.8 Å². The molecule has 0 bridgehead atoms. The average Bonchev–Trinajstić information content (AvgIpc) is 1.85. The van der Waals surface area contributed by atoms with Crippen molar-refractivity contribution in [3.8, 4) is 0 Å². The van der Waals surface area contributed by atoms with E-state index >= 15 is 0 Å². The van der Waals surface area contributed by atoms with E-state index in [1.807, 2.05) is 6.92 Å². The fraction of sp³-hybridized carbons (Fsp3) is 0.700. The van der Waals surface area contributed by atoms with Crippen molar-refractivity contribution in [2.24, 2.45) is 5.92 Å². The molecule has 0 aromatic heterocycles. The molecule has 11 heavy (non-hydrogen) atoms. The fourth-order valence-corrected chi connectivity index (χ4v) is 1.10. The number of ketones is 1. The average molecular weight is 154 g/mol. The molecule has 0 radical (unpaired) electrons. The van der Waals surface area contributed by atoms with Crippen LogP contribution in [0.5, 0.6) is 0 Å². The van der Waals surface area contributed by atoms with Gasteiger partial charge < -0.3 is 0 Å². The van der Waals surface area contributed by atoms with Crippen molar-refractivity contribution < 1.29 is 4.79 Å². The van der Waals surface area contributed by atoms with Crippen LogP contribution < -0.4 is 0 Å². The molecule has 0 N–H and O–H groups in total. The summed E-state index contributed by atoms with van der Waals surface area (Å²) < 4.78 is 0. The molecule has 0 aromatic rings. The maximum absolute atomic E-state index is 10.6. The normalized spacial score (nSPS) is 14.7. The minimum Gasteiger partial charge on any atom is -0.295 e. The lowest BCUT2D eigenvalue weighted by atomic mass is 9.99. The third-order valence-corrected chi connectivity index (χ3v) is 1.82. The van der Waals surface area contributed by atoms with Gasteiger partial charge in [0.1, 0.15) is 0 Å². The highest BCUT2D eigenvalue weighted by Crippen LogP contribution is 2.13. The third kappa shape index (κ3) is 5.84. The molecule has 0 spiro atoms. The summed E-state index contributed by atoms with van der Waals surface area (Å²) in [5.41, 5.74) is 1.20. The molecule has 0 saturated carbocycles. The van der Waals surface area contributed by atoms with Gasteiger partial charge in [0.25, 0.3) is 0 Å². The van der Waals surface area contributed by atoms with E-state index in [0.717, 1.165) is 6.42 Å². The second-order valence-electron chi connectivity index (χ2n) is 3.32. The van der Waals surface area contributed by atoms with Crippen LogP contribution in [0.25, 0.3) is 0 Å². The zero-order valence-electron chi connectivity index (χ0n) is 7.98. The molecule has 1 unspecified atom stereocenters. The zero-order valence-corrected chi connectivity index (χ0v) is 7.98. The van der Waals surface area contributed by atoms with Gasteiger partial charge in [-0.15, -0.1) is 0 Å². The monoisotopic (exact) mass is 154 g/mol. The lowest BCUT2D eigenvalue weighted by Gasteiger charge is -2.07. The fourth-order valence-electron chi connectivity index (χ4n) is 1.10. The van der Waals surface area contributed by atoms with Crippen LogP contribution >= 0.6 is 0 Å². The van der Waals surface area contributed by atoms with Crippen molar-refractivity contribution in [1.82, 2.24) is 0 Å². The van der Waals surface area contributed by atoms with Crippen molar-refractivity contribution in [2.75, 3.05) is 0 Å². The van der Waals surface area contributed by atoms with E-state index in [-0.39, 0.29) is 5.78 Å². The van der Waals surface area contributed by atoms with Gasteiger partial charge in [-0.3, -0.25) is 4.79 Å². The summed E-state index contributed by atoms with van der Waals surface area (Å²) in [6, 6.07) is 0. The first-order valence-electron chi connectivity index (χ1n) is 4.24. The van der Waals surface area contributed by atoms with Crippen molar-refractivity contribution in [3.05, 3.63) is 11.6 Å². The Morgan fingerprint density at radius 3 is 2.36 bits per heavy atom. The molecule has 1 nitrogen and oxygen atoms in total. The first kappa shape index (κ1) is 10.4. The molecular weight excluding hydrogens is 136 g/mol. The molecule has 0 aliphatic heterocycles. The van der Waals surface area contributed by atoms with E-state index < -0.39 is 0 Å². The Balaban J connectivity index is 3.85. The number of carbonyl (C=O) groups excluding carboxylic acids is 1. The molecular formula is C10H18O. The van der Waals surface area contributed by atoms with E-state index in [4.69, 9.17) is 0 Å². The third-order valence-electron chi connectivity index (χ3n) is 1.82. The van der Waals surface area contributed by atoms with Crippen LogP contribution in [0.1, 0.15) is 40.5 Å². The highest BCUT2D eigenvalue weighted by Gasteiger charge is 1.99. The van der Waals surface area contributed by atoms with Gasteiger partial charge >= 0.3 is 0 Å². The van der Waals surface area contributed by atoms with E-state index in [1.165, 1.54) is 12.0 Å². The Morgan fingerprint density at radius 1 is 1.45 bits per heavy atom. The molecule has 1 atom stereocenters. The summed E-state index contributed by atoms with van der Waals surface area (Å²) in [5, 5.41) is 0. The molecule has 0 amide bonds. The Hall–Kier alpha value is -0.590. The maximum atomic E-state index is 10.6. The highest BCUT2D eigenvalue weighted by atomic mass is 16.1. The van der Waals surface area contributed by atoms with Crippen LogP contribution in [0.4, 0.5) is 0 Å². The molecule has 0 rings (SSSR count). The van der Waals surface area contributed by atoms with Crippen molar-refractivity contribution in [1.29, 1.82) is 0 Å². The van der Waals surface area contributed by atoms with E-state index in [9.17, 15) is 4.79 Å². The summed E-state index contributed by atoms with van der Waals surface area (Å²) >= 11 is 0. The second-order valence-corrected chi connectivity index (χ2v) is 3.32. The van der Waals surface area contributed by atoms with Gasteiger partial charge in [0.15, 0.2) is 5.78 Å². The van der Waals surface area contributed by atoms with Crippen molar-refractivity contribution >= 4 is 5.78 Å². The lowest BCUT2D eigenvalue weighted by Crippen LogP contribution is -1.94. The van der Waals surface area contributed by atoms with E-state index in [0.29, 0.717) is 5.92 Å². The molecule has 0 saturated heterocycles. The summed E-state index contributed by atoms with van der Waals surface area (Å²) in [6.07, 6.45) is 3.96. The van der Waals surface area contributed by atoms with Crippen LogP contribution in [-0.2, 0) is 4.79 Å². The summed E-state index contributed by atoms with van der Waals surface area (Å²) in [5.74, 6) is 0.858. The summed E-state index contributed by atoms with van der Waals surface area (Å²) in [4.78, 5) is 10.6. The first-order valence-corrected chi connectivity index (χ1v) is 4.24. The topological polar surface area (TPSA) is 17.1 Å². The van der Waals surface area contributed by atoms with Gasteiger partial charge in [-0.2, -0.15) is 0 Å². The Kier molecular flexibility index (Phi) is 4.84. The Bertz CT molecular complexity index is 156. The van der Waals surface area contributed by atoms with Gasteiger partial charge in [-0.25, -0.2) is 0 Å². The predicted octanol–water partition coefficient (Wildman–Crippen LogP) is 2.96. The number of hydrogen-bond donors (Lipinski definition) is 0. The van der Waals surface area contributed by atoms with Crippen LogP contribution in [0.15, 0.2) is 11.6 Å². The number of hydrogen-bond acceptors (Lipinski definition) is 1. The zero-order chi connectivity index (χ0) is 8.85. The highest BCUT2D eigenvalue weighted by molar-refractivity contribution is 5.87. The minimum atomic E-state index is 0.158. The van der Waals surface area contributed by atoms with Crippen LogP contribution in [0, 0.1) is 5.92 Å². The van der Waals surface area contributed by atoms with Gasteiger partial charge in [0.2, 0.25) is 0 Å². The minimum absolute atomic E-state index is 0.158. The molecule has 64 valence electrons. The SMILES string of the molecule is CCC(C)CC(C)=CC(C)=O. The molecule has 1 heteroatoms. The van der Waals surface area contributed by atoms with Crippen molar-refractivity contribution in [2.45, 2.75) is 40.5 Å². The molecule has 0 aromatic carbocycles. The van der Waals surface area contributed by atoms with Crippen LogP contribution in [0.3, 0.4) is 0 Å². The molecule has 0 fully saturated rings. The number of carbonyl (C=O) groups is 1. The molecule has 0 heterocycles. The lowest BCUT2D eigenvalue weighted by molar-refractivity contribution is -0.112. The maximum Gasteiger partial charge on any atom is 0.152 e. The van der Waals surface area contributed by atoms with Crippen LogP contribution in [0.2, 0.25) is 0 Å². The summed E-state index contributed by atoms with van der Waals surface area (Å²) in [6.45, 7) is 8.00. The molecule has 0 aliphatic rings. The number of rotatable bonds is 4. The van der Waals surface area contributed by atoms with Gasteiger partial charge in [0, 0.05) is 0 Å². The van der Waals surface area contributed by atoms with Gasteiger partial charge in [0.05, 0.1) is 0 Å². The largest absolute Gasteiger partial charge is 0.295 e. The van der Waals surface area contributed by atoms with Gasteiger partial charge in [-0.05, 0) is 32.3 Å². The Labute approximate surface area is 69.5 Å². The Morgan fingerprint density at radius 2 is 2.00 bits per heavy atom. The smallest absolute Gasteiger partial charge is 0.152 e. The predicted molar refractivity (Wildman–Crippen MR) is 48.5 cm³/mol. The van der Waals surface area contributed by atoms with E-state index in [1.54, 1.807) is 13.0 Å². The van der Waals surface area contributed by atoms with Crippen molar-refractivity contribution in [3.63, 3.8) is 0 Å². The quantitative estimate of drug-likeness (QED) is 0.569. The van der Waals surface area contributed by atoms with Crippen LogP contribution in [-0.4, -0.2) is 5.78 Å². The number of allylic oxidation sites excluding steroid dienone is 2. The molecule has 0 aliphatic carbocycles. The summed E-state index contributed by atoms with van der Waals surface area (Å²) in [7, 11) is 0.